The van der Waals surface area contributed by atoms with Crippen LogP contribution in [0.2, 0.25) is 5.02 Å². The third-order valence-corrected chi connectivity index (χ3v) is 5.47. The molecular formula is C20H19ClN2O2S. The molecule has 0 fully saturated rings. The summed E-state index contributed by atoms with van der Waals surface area (Å²) in [6, 6.07) is 21.6. The van der Waals surface area contributed by atoms with Gasteiger partial charge < -0.3 is 5.32 Å². The summed E-state index contributed by atoms with van der Waals surface area (Å²) in [6.07, 6.45) is 0. The molecule has 3 aromatic carbocycles. The number of benzene rings is 3. The van der Waals surface area contributed by atoms with E-state index in [2.05, 4.69) is 41.2 Å². The summed E-state index contributed by atoms with van der Waals surface area (Å²) in [4.78, 5) is 0.131. The largest absolute Gasteiger partial charge is 0.381 e. The molecule has 0 saturated heterocycles. The molecule has 6 heteroatoms. The Morgan fingerprint density at radius 1 is 0.885 bits per heavy atom. The summed E-state index contributed by atoms with van der Waals surface area (Å²) in [5, 5.41) is 3.69. The first-order valence-electron chi connectivity index (χ1n) is 8.10. The van der Waals surface area contributed by atoms with Gasteiger partial charge in [0.1, 0.15) is 0 Å². The van der Waals surface area contributed by atoms with Gasteiger partial charge in [-0.3, -0.25) is 4.72 Å². The Kier molecular flexibility index (Phi) is 5.49. The molecule has 0 aromatic heterocycles. The van der Waals surface area contributed by atoms with Gasteiger partial charge in [0.25, 0.3) is 10.0 Å². The first-order chi connectivity index (χ1) is 12.4. The van der Waals surface area contributed by atoms with Crippen LogP contribution in [0.3, 0.4) is 0 Å². The van der Waals surface area contributed by atoms with E-state index in [1.165, 1.54) is 23.3 Å². The van der Waals surface area contributed by atoms with Gasteiger partial charge in [0.15, 0.2) is 0 Å². The molecule has 134 valence electrons. The second kappa shape index (κ2) is 7.81. The molecule has 0 aliphatic carbocycles. The zero-order chi connectivity index (χ0) is 18.6. The van der Waals surface area contributed by atoms with Gasteiger partial charge in [0.2, 0.25) is 0 Å². The summed E-state index contributed by atoms with van der Waals surface area (Å²) in [5.74, 6) is 0. The van der Waals surface area contributed by atoms with Crippen molar-refractivity contribution in [3.05, 3.63) is 88.9 Å². The molecule has 0 radical (unpaired) electrons. The highest BCUT2D eigenvalue weighted by Gasteiger charge is 2.14. The second-order valence-corrected chi connectivity index (χ2v) is 8.10. The summed E-state index contributed by atoms with van der Waals surface area (Å²) >= 11 is 5.87. The van der Waals surface area contributed by atoms with E-state index in [9.17, 15) is 8.42 Å². The van der Waals surface area contributed by atoms with Crippen LogP contribution in [0, 0.1) is 6.92 Å². The molecule has 0 amide bonds. The lowest BCUT2D eigenvalue weighted by Gasteiger charge is -2.10. The SMILES string of the molecule is Cc1ccc(CNc2ccc(NS(=O)(=O)c3cccc(Cl)c3)cc2)cc1. The first kappa shape index (κ1) is 18.3. The molecule has 4 nitrogen and oxygen atoms in total. The van der Waals surface area contributed by atoms with Crippen LogP contribution in [0.4, 0.5) is 11.4 Å². The van der Waals surface area contributed by atoms with Crippen LogP contribution in [-0.2, 0) is 16.6 Å². The molecule has 0 bridgehead atoms. The van der Waals surface area contributed by atoms with Crippen molar-refractivity contribution in [3.8, 4) is 0 Å². The van der Waals surface area contributed by atoms with Crippen LogP contribution in [0.1, 0.15) is 11.1 Å². The number of aryl methyl sites for hydroxylation is 1. The third-order valence-electron chi connectivity index (χ3n) is 3.86. The van der Waals surface area contributed by atoms with Gasteiger partial charge in [-0.1, -0.05) is 47.5 Å². The number of anilines is 2. The number of rotatable bonds is 6. The molecule has 3 aromatic rings. The highest BCUT2D eigenvalue weighted by Crippen LogP contribution is 2.21. The van der Waals surface area contributed by atoms with E-state index in [0.29, 0.717) is 17.3 Å². The maximum absolute atomic E-state index is 12.4. The Morgan fingerprint density at radius 2 is 1.54 bits per heavy atom. The van der Waals surface area contributed by atoms with Crippen molar-refractivity contribution in [2.75, 3.05) is 10.0 Å². The summed E-state index contributed by atoms with van der Waals surface area (Å²) in [5.41, 5.74) is 3.81. The number of sulfonamides is 1. The molecule has 3 rings (SSSR count). The zero-order valence-corrected chi connectivity index (χ0v) is 15.8. The van der Waals surface area contributed by atoms with Crippen molar-refractivity contribution in [3.63, 3.8) is 0 Å². The van der Waals surface area contributed by atoms with E-state index in [1.54, 1.807) is 24.3 Å². The van der Waals surface area contributed by atoms with E-state index >= 15 is 0 Å². The van der Waals surface area contributed by atoms with Gasteiger partial charge in [-0.25, -0.2) is 8.42 Å². The quantitative estimate of drug-likeness (QED) is 0.622. The minimum Gasteiger partial charge on any atom is -0.381 e. The van der Waals surface area contributed by atoms with Gasteiger partial charge in [0, 0.05) is 22.9 Å². The molecule has 0 spiro atoms. The third kappa shape index (κ3) is 4.77. The summed E-state index contributed by atoms with van der Waals surface area (Å²) in [6.45, 7) is 2.76. The van der Waals surface area contributed by atoms with Gasteiger partial charge in [-0.15, -0.1) is 0 Å². The fourth-order valence-corrected chi connectivity index (χ4v) is 3.77. The summed E-state index contributed by atoms with van der Waals surface area (Å²) < 4.78 is 27.3. The Bertz CT molecular complexity index is 985. The Morgan fingerprint density at radius 3 is 2.19 bits per heavy atom. The van der Waals surface area contributed by atoms with Crippen LogP contribution in [0.15, 0.2) is 77.7 Å². The maximum atomic E-state index is 12.4. The molecule has 0 aliphatic rings. The van der Waals surface area contributed by atoms with Gasteiger partial charge >= 0.3 is 0 Å². The maximum Gasteiger partial charge on any atom is 0.261 e. The second-order valence-electron chi connectivity index (χ2n) is 5.98. The van der Waals surface area contributed by atoms with Crippen molar-refractivity contribution in [2.24, 2.45) is 0 Å². The fraction of sp³-hybridized carbons (Fsp3) is 0.100. The number of hydrogen-bond acceptors (Lipinski definition) is 3. The minimum absolute atomic E-state index is 0.131. The Balaban J connectivity index is 1.64. The molecule has 2 N–H and O–H groups in total. The lowest BCUT2D eigenvalue weighted by atomic mass is 10.1. The molecule has 0 unspecified atom stereocenters. The predicted molar refractivity (Wildman–Crippen MR) is 107 cm³/mol. The van der Waals surface area contributed by atoms with E-state index in [4.69, 9.17) is 11.6 Å². The Hall–Kier alpha value is -2.50. The monoisotopic (exact) mass is 386 g/mol. The van der Waals surface area contributed by atoms with Gasteiger partial charge in [-0.05, 0) is 55.0 Å². The van der Waals surface area contributed by atoms with E-state index in [0.717, 1.165) is 5.69 Å². The highest BCUT2D eigenvalue weighted by molar-refractivity contribution is 7.92. The van der Waals surface area contributed by atoms with Crippen LogP contribution >= 0.6 is 11.6 Å². The van der Waals surface area contributed by atoms with Gasteiger partial charge in [-0.2, -0.15) is 0 Å². The predicted octanol–water partition coefficient (Wildman–Crippen LogP) is 5.06. The molecule has 0 atom stereocenters. The highest BCUT2D eigenvalue weighted by atomic mass is 35.5. The van der Waals surface area contributed by atoms with Crippen molar-refractivity contribution in [1.29, 1.82) is 0 Å². The average Bonchev–Trinajstić information content (AvgIpc) is 2.62. The van der Waals surface area contributed by atoms with Crippen molar-refractivity contribution >= 4 is 33.0 Å². The Labute approximate surface area is 158 Å². The lowest BCUT2D eigenvalue weighted by Crippen LogP contribution is -2.12. The van der Waals surface area contributed by atoms with E-state index < -0.39 is 10.0 Å². The first-order valence-corrected chi connectivity index (χ1v) is 9.96. The van der Waals surface area contributed by atoms with E-state index in [-0.39, 0.29) is 4.90 Å². The van der Waals surface area contributed by atoms with Crippen LogP contribution in [-0.4, -0.2) is 8.42 Å². The van der Waals surface area contributed by atoms with Crippen LogP contribution in [0.5, 0.6) is 0 Å². The standard InChI is InChI=1S/C20H19ClN2O2S/c1-15-5-7-16(8-6-15)14-22-18-9-11-19(12-10-18)23-26(24,25)20-4-2-3-17(21)13-20/h2-13,22-23H,14H2,1H3. The topological polar surface area (TPSA) is 58.2 Å². The number of halogens is 1. The smallest absolute Gasteiger partial charge is 0.261 e. The van der Waals surface area contributed by atoms with Crippen molar-refractivity contribution in [1.82, 2.24) is 0 Å². The van der Waals surface area contributed by atoms with Crippen molar-refractivity contribution < 1.29 is 8.42 Å². The minimum atomic E-state index is -3.66. The molecule has 0 aliphatic heterocycles. The molecule has 0 heterocycles. The van der Waals surface area contributed by atoms with Crippen molar-refractivity contribution in [2.45, 2.75) is 18.4 Å². The summed E-state index contributed by atoms with van der Waals surface area (Å²) in [7, 11) is -3.66. The number of hydrogen-bond donors (Lipinski definition) is 2. The molecule has 0 saturated carbocycles. The molecule has 26 heavy (non-hydrogen) atoms. The fourth-order valence-electron chi connectivity index (χ4n) is 2.41. The van der Waals surface area contributed by atoms with Gasteiger partial charge in [0.05, 0.1) is 4.90 Å². The average molecular weight is 387 g/mol. The van der Waals surface area contributed by atoms with E-state index in [1.807, 2.05) is 12.1 Å². The normalized spacial score (nSPS) is 11.2. The van der Waals surface area contributed by atoms with Crippen LogP contribution < -0.4 is 10.0 Å². The van der Waals surface area contributed by atoms with Crippen LogP contribution in [0.25, 0.3) is 0 Å². The number of nitrogens with one attached hydrogen (secondary N) is 2. The zero-order valence-electron chi connectivity index (χ0n) is 14.2. The lowest BCUT2D eigenvalue weighted by molar-refractivity contribution is 0.601. The molecular weight excluding hydrogens is 368 g/mol.